The molecule has 5 heteroatoms. The molecular formula is C14H26N4O. The number of rotatable bonds is 4. The largest absolute Gasteiger partial charge is 0.396 e. The second-order valence-electron chi connectivity index (χ2n) is 6.84. The molecule has 0 radical (unpaired) electrons. The third kappa shape index (κ3) is 4.26. The highest BCUT2D eigenvalue weighted by Gasteiger charge is 2.29. The smallest absolute Gasteiger partial charge is 0.272 e. The molecule has 0 unspecified atom stereocenters. The number of hydrogen-bond acceptors (Lipinski definition) is 3. The Labute approximate surface area is 115 Å². The molecule has 0 spiro atoms. The summed E-state index contributed by atoms with van der Waals surface area (Å²) in [6.07, 6.45) is 2.40. The van der Waals surface area contributed by atoms with Crippen molar-refractivity contribution in [3.63, 3.8) is 0 Å². The van der Waals surface area contributed by atoms with Crippen LogP contribution in [0.15, 0.2) is 6.20 Å². The third-order valence-corrected chi connectivity index (χ3v) is 2.81. The van der Waals surface area contributed by atoms with Gasteiger partial charge in [-0.1, -0.05) is 20.8 Å². The minimum absolute atomic E-state index is 0.146. The van der Waals surface area contributed by atoms with Crippen molar-refractivity contribution in [2.24, 2.45) is 5.41 Å². The maximum absolute atomic E-state index is 12.4. The number of amides is 1. The SMILES string of the molecule is CCn1ncc(N)c1C(=O)NC(C)(C)CC(C)(C)C. The number of anilines is 1. The summed E-state index contributed by atoms with van der Waals surface area (Å²) in [6, 6.07) is 0. The van der Waals surface area contributed by atoms with Crippen LogP contribution in [0.5, 0.6) is 0 Å². The first-order valence-corrected chi connectivity index (χ1v) is 6.69. The van der Waals surface area contributed by atoms with Gasteiger partial charge in [-0.25, -0.2) is 0 Å². The molecule has 0 aromatic carbocycles. The van der Waals surface area contributed by atoms with Gasteiger partial charge in [0.15, 0.2) is 0 Å². The van der Waals surface area contributed by atoms with Crippen LogP contribution in [0, 0.1) is 5.41 Å². The first-order valence-electron chi connectivity index (χ1n) is 6.69. The van der Waals surface area contributed by atoms with Crippen LogP contribution in [0.25, 0.3) is 0 Å². The number of carbonyl (C=O) groups excluding carboxylic acids is 1. The highest BCUT2D eigenvalue weighted by atomic mass is 16.2. The van der Waals surface area contributed by atoms with Gasteiger partial charge in [-0.3, -0.25) is 9.48 Å². The summed E-state index contributed by atoms with van der Waals surface area (Å²) in [5, 5.41) is 7.14. The van der Waals surface area contributed by atoms with E-state index in [1.54, 1.807) is 4.68 Å². The van der Waals surface area contributed by atoms with Crippen molar-refractivity contribution in [1.29, 1.82) is 0 Å². The number of aromatic nitrogens is 2. The molecule has 1 aromatic rings. The topological polar surface area (TPSA) is 72.9 Å². The lowest BCUT2D eigenvalue weighted by atomic mass is 9.82. The number of nitrogen functional groups attached to an aromatic ring is 1. The van der Waals surface area contributed by atoms with Crippen molar-refractivity contribution < 1.29 is 4.79 Å². The fourth-order valence-corrected chi connectivity index (χ4v) is 2.62. The zero-order valence-electron chi connectivity index (χ0n) is 12.9. The van der Waals surface area contributed by atoms with Gasteiger partial charge in [0.05, 0.1) is 11.9 Å². The predicted molar refractivity (Wildman–Crippen MR) is 77.9 cm³/mol. The average molecular weight is 266 g/mol. The van der Waals surface area contributed by atoms with Crippen LogP contribution >= 0.6 is 0 Å². The first kappa shape index (κ1) is 15.5. The monoisotopic (exact) mass is 266 g/mol. The highest BCUT2D eigenvalue weighted by molar-refractivity contribution is 5.97. The predicted octanol–water partition coefficient (Wildman–Crippen LogP) is 2.43. The summed E-state index contributed by atoms with van der Waals surface area (Å²) >= 11 is 0. The molecule has 3 N–H and O–H groups in total. The second kappa shape index (κ2) is 5.23. The maximum Gasteiger partial charge on any atom is 0.272 e. The van der Waals surface area contributed by atoms with Gasteiger partial charge in [0.2, 0.25) is 0 Å². The fraction of sp³-hybridized carbons (Fsp3) is 0.714. The molecule has 108 valence electrons. The van der Waals surface area contributed by atoms with Crippen LogP contribution in [0.4, 0.5) is 5.69 Å². The lowest BCUT2D eigenvalue weighted by molar-refractivity contribution is 0.0881. The van der Waals surface area contributed by atoms with Gasteiger partial charge >= 0.3 is 0 Å². The molecule has 1 amide bonds. The number of carbonyl (C=O) groups is 1. The van der Waals surface area contributed by atoms with Crippen molar-refractivity contribution in [3.8, 4) is 0 Å². The van der Waals surface area contributed by atoms with Crippen molar-refractivity contribution in [1.82, 2.24) is 15.1 Å². The zero-order chi connectivity index (χ0) is 14.8. The second-order valence-corrected chi connectivity index (χ2v) is 6.84. The van der Waals surface area contributed by atoms with E-state index in [0.717, 1.165) is 6.42 Å². The summed E-state index contributed by atoms with van der Waals surface area (Å²) in [5.41, 5.74) is 6.55. The van der Waals surface area contributed by atoms with Crippen molar-refractivity contribution in [2.75, 3.05) is 5.73 Å². The highest BCUT2D eigenvalue weighted by Crippen LogP contribution is 2.27. The Morgan fingerprint density at radius 1 is 1.37 bits per heavy atom. The molecule has 0 aliphatic carbocycles. The van der Waals surface area contributed by atoms with Gasteiger partial charge in [0.25, 0.3) is 5.91 Å². The molecule has 0 saturated carbocycles. The summed E-state index contributed by atoms with van der Waals surface area (Å²) in [4.78, 5) is 12.4. The fourth-order valence-electron chi connectivity index (χ4n) is 2.62. The Morgan fingerprint density at radius 2 is 1.95 bits per heavy atom. The zero-order valence-corrected chi connectivity index (χ0v) is 12.9. The van der Waals surface area contributed by atoms with Crippen molar-refractivity contribution in [3.05, 3.63) is 11.9 Å². The number of nitrogens with one attached hydrogen (secondary N) is 1. The molecule has 0 fully saturated rings. The maximum atomic E-state index is 12.4. The molecular weight excluding hydrogens is 240 g/mol. The van der Waals surface area contributed by atoms with Gasteiger partial charge in [-0.05, 0) is 32.6 Å². The molecule has 0 aliphatic rings. The van der Waals surface area contributed by atoms with Crippen molar-refractivity contribution in [2.45, 2.75) is 60.0 Å². The molecule has 5 nitrogen and oxygen atoms in total. The molecule has 0 atom stereocenters. The summed E-state index contributed by atoms with van der Waals surface area (Å²) in [6.45, 7) is 13.1. The number of hydrogen-bond donors (Lipinski definition) is 2. The van der Waals surface area contributed by atoms with E-state index in [1.165, 1.54) is 6.20 Å². The van der Waals surface area contributed by atoms with E-state index in [2.05, 4.69) is 31.2 Å². The Hall–Kier alpha value is -1.52. The van der Waals surface area contributed by atoms with Gasteiger partial charge in [0.1, 0.15) is 5.69 Å². The normalized spacial score (nSPS) is 12.5. The number of aryl methyl sites for hydroxylation is 1. The lowest BCUT2D eigenvalue weighted by Crippen LogP contribution is -2.46. The molecule has 1 rings (SSSR count). The molecule has 19 heavy (non-hydrogen) atoms. The quantitative estimate of drug-likeness (QED) is 0.879. The Kier molecular flexibility index (Phi) is 4.28. The molecule has 0 bridgehead atoms. The van der Waals surface area contributed by atoms with Gasteiger partial charge < -0.3 is 11.1 Å². The molecule has 1 heterocycles. The standard InChI is InChI=1S/C14H26N4O/c1-7-18-11(10(15)8-16-18)12(19)17-14(5,6)9-13(2,3)4/h8H,7,9,15H2,1-6H3,(H,17,19). The van der Waals surface area contributed by atoms with E-state index in [1.807, 2.05) is 20.8 Å². The summed E-state index contributed by atoms with van der Waals surface area (Å²) < 4.78 is 1.62. The van der Waals surface area contributed by atoms with Crippen LogP contribution < -0.4 is 11.1 Å². The van der Waals surface area contributed by atoms with Gasteiger partial charge in [-0.15, -0.1) is 0 Å². The molecule has 0 saturated heterocycles. The van der Waals surface area contributed by atoms with E-state index in [9.17, 15) is 4.79 Å². The number of nitrogens with two attached hydrogens (primary N) is 1. The third-order valence-electron chi connectivity index (χ3n) is 2.81. The summed E-state index contributed by atoms with van der Waals surface area (Å²) in [7, 11) is 0. The van der Waals surface area contributed by atoms with E-state index in [4.69, 9.17) is 5.73 Å². The minimum atomic E-state index is -0.287. The van der Waals surface area contributed by atoms with E-state index in [-0.39, 0.29) is 16.9 Å². The van der Waals surface area contributed by atoms with Gasteiger partial charge in [-0.2, -0.15) is 5.10 Å². The van der Waals surface area contributed by atoms with E-state index in [0.29, 0.717) is 17.9 Å². The van der Waals surface area contributed by atoms with Gasteiger partial charge in [0, 0.05) is 12.1 Å². The Bertz CT molecular complexity index is 455. The van der Waals surface area contributed by atoms with Crippen LogP contribution in [-0.2, 0) is 6.54 Å². The first-order chi connectivity index (χ1) is 8.56. The van der Waals surface area contributed by atoms with Crippen LogP contribution in [0.3, 0.4) is 0 Å². The van der Waals surface area contributed by atoms with Crippen LogP contribution in [0.1, 0.15) is 58.5 Å². The minimum Gasteiger partial charge on any atom is -0.396 e. The molecule has 0 aliphatic heterocycles. The van der Waals surface area contributed by atoms with E-state index >= 15 is 0 Å². The number of nitrogens with zero attached hydrogens (tertiary/aromatic N) is 2. The lowest BCUT2D eigenvalue weighted by Gasteiger charge is -2.33. The Morgan fingerprint density at radius 3 is 2.42 bits per heavy atom. The summed E-state index contributed by atoms with van der Waals surface area (Å²) in [5.74, 6) is -0.161. The Balaban J connectivity index is 2.87. The van der Waals surface area contributed by atoms with Crippen LogP contribution in [-0.4, -0.2) is 21.2 Å². The molecule has 1 aromatic heterocycles. The van der Waals surface area contributed by atoms with Crippen LogP contribution in [0.2, 0.25) is 0 Å². The van der Waals surface area contributed by atoms with E-state index < -0.39 is 0 Å². The van der Waals surface area contributed by atoms with Crippen molar-refractivity contribution >= 4 is 11.6 Å². The average Bonchev–Trinajstić information content (AvgIpc) is 2.54.